The molecule has 0 unspecified atom stereocenters. The molecule has 8 heteroatoms. The van der Waals surface area contributed by atoms with Gasteiger partial charge in [0, 0.05) is 32.6 Å². The van der Waals surface area contributed by atoms with Crippen LogP contribution in [0.2, 0.25) is 10.0 Å². The quantitative estimate of drug-likeness (QED) is 0.175. The van der Waals surface area contributed by atoms with Crippen LogP contribution in [0.15, 0.2) is 102 Å². The molecule has 1 heterocycles. The minimum atomic E-state index is -0.284. The van der Waals surface area contributed by atoms with Crippen molar-refractivity contribution in [2.75, 3.05) is 12.4 Å². The Kier molecular flexibility index (Phi) is 8.81. The minimum absolute atomic E-state index is 0.194. The van der Waals surface area contributed by atoms with Crippen LogP contribution in [0.5, 0.6) is 11.5 Å². The number of ether oxygens (including phenoxy) is 2. The first-order valence-electron chi connectivity index (χ1n) is 12.3. The number of nitrogens with one attached hydrogen (secondary N) is 1. The Morgan fingerprint density at radius 3 is 2.30 bits per heavy atom. The van der Waals surface area contributed by atoms with Gasteiger partial charge in [-0.25, -0.2) is 4.98 Å². The van der Waals surface area contributed by atoms with E-state index in [1.54, 1.807) is 43.5 Å². The Morgan fingerprint density at radius 1 is 0.875 bits per heavy atom. The van der Waals surface area contributed by atoms with Crippen LogP contribution in [0.25, 0.3) is 28.5 Å². The average Bonchev–Trinajstić information content (AvgIpc) is 3.45. The van der Waals surface area contributed by atoms with Crippen LogP contribution >= 0.6 is 34.5 Å². The van der Waals surface area contributed by atoms with Crippen LogP contribution in [-0.2, 0) is 11.4 Å². The third-order valence-corrected chi connectivity index (χ3v) is 7.54. The van der Waals surface area contributed by atoms with Crippen molar-refractivity contribution in [1.29, 1.82) is 0 Å². The predicted octanol–water partition coefficient (Wildman–Crippen LogP) is 9.02. The topological polar surface area (TPSA) is 60.5 Å². The van der Waals surface area contributed by atoms with Gasteiger partial charge in [-0.05, 0) is 47.0 Å². The van der Waals surface area contributed by atoms with Crippen LogP contribution < -0.4 is 14.8 Å². The summed E-state index contributed by atoms with van der Waals surface area (Å²) < 4.78 is 11.4. The van der Waals surface area contributed by atoms with Crippen molar-refractivity contribution in [3.8, 4) is 33.9 Å². The third-order valence-electron chi connectivity index (χ3n) is 6.07. The first kappa shape index (κ1) is 27.5. The number of methoxy groups -OCH3 is 1. The molecule has 5 aromatic rings. The zero-order valence-corrected chi connectivity index (χ0v) is 23.8. The number of hydrogen-bond donors (Lipinski definition) is 1. The number of carbonyl (C=O) groups excluding carboxylic acids is 1. The molecule has 40 heavy (non-hydrogen) atoms. The molecule has 200 valence electrons. The van der Waals surface area contributed by atoms with E-state index in [0.717, 1.165) is 27.9 Å². The Hall–Kier alpha value is -4.10. The summed E-state index contributed by atoms with van der Waals surface area (Å²) in [7, 11) is 1.56. The van der Waals surface area contributed by atoms with Gasteiger partial charge in [-0.3, -0.25) is 10.1 Å². The lowest BCUT2D eigenvalue weighted by Crippen LogP contribution is -2.07. The number of benzene rings is 4. The number of nitrogens with zero attached hydrogens (tertiary/aromatic N) is 1. The molecule has 5 nitrogen and oxygen atoms in total. The predicted molar refractivity (Wildman–Crippen MR) is 164 cm³/mol. The lowest BCUT2D eigenvalue weighted by atomic mass is 10.0. The zero-order chi connectivity index (χ0) is 27.9. The van der Waals surface area contributed by atoms with E-state index >= 15 is 0 Å². The molecule has 1 amide bonds. The van der Waals surface area contributed by atoms with E-state index in [4.69, 9.17) is 32.7 Å². The molecule has 0 radical (unpaired) electrons. The average molecular weight is 588 g/mol. The normalized spacial score (nSPS) is 11.0. The highest BCUT2D eigenvalue weighted by molar-refractivity contribution is 7.14. The largest absolute Gasteiger partial charge is 0.493 e. The molecular formula is C32H24Cl2N2O3S. The molecule has 0 aliphatic rings. The second-order valence-corrected chi connectivity index (χ2v) is 10.4. The van der Waals surface area contributed by atoms with E-state index < -0.39 is 0 Å². The molecule has 0 saturated heterocycles. The van der Waals surface area contributed by atoms with Crippen molar-refractivity contribution >= 4 is 51.7 Å². The van der Waals surface area contributed by atoms with Crippen molar-refractivity contribution in [2.24, 2.45) is 0 Å². The molecule has 0 bridgehead atoms. The maximum atomic E-state index is 12.6. The summed E-state index contributed by atoms with van der Waals surface area (Å²) in [5, 5.41) is 6.35. The van der Waals surface area contributed by atoms with Crippen LogP contribution in [0.4, 0.5) is 5.13 Å². The first-order valence-corrected chi connectivity index (χ1v) is 14.0. The zero-order valence-electron chi connectivity index (χ0n) is 21.4. The van der Waals surface area contributed by atoms with Gasteiger partial charge in [-0.15, -0.1) is 11.3 Å². The number of rotatable bonds is 9. The summed E-state index contributed by atoms with van der Waals surface area (Å²) in [4.78, 5) is 17.1. The molecule has 0 aliphatic carbocycles. The van der Waals surface area contributed by atoms with Crippen LogP contribution in [0.1, 0.15) is 11.1 Å². The molecule has 1 N–H and O–H groups in total. The van der Waals surface area contributed by atoms with Gasteiger partial charge in [-0.1, -0.05) is 89.9 Å². The summed E-state index contributed by atoms with van der Waals surface area (Å²) in [5.41, 5.74) is 5.56. The van der Waals surface area contributed by atoms with Crippen molar-refractivity contribution in [2.45, 2.75) is 6.61 Å². The van der Waals surface area contributed by atoms with Crippen LogP contribution in [0.3, 0.4) is 0 Å². The third kappa shape index (κ3) is 6.72. The second-order valence-electron chi connectivity index (χ2n) is 8.70. The molecule has 5 rings (SSSR count). The fraction of sp³-hybridized carbons (Fsp3) is 0.0625. The molecule has 0 aliphatic heterocycles. The number of aromatic nitrogens is 1. The molecular weight excluding hydrogens is 563 g/mol. The number of halogens is 2. The van der Waals surface area contributed by atoms with Crippen LogP contribution in [0, 0.1) is 0 Å². The van der Waals surface area contributed by atoms with E-state index in [9.17, 15) is 4.79 Å². The number of anilines is 1. The number of amides is 1. The van der Waals surface area contributed by atoms with Crippen molar-refractivity contribution < 1.29 is 14.3 Å². The van der Waals surface area contributed by atoms with Gasteiger partial charge in [-0.2, -0.15) is 0 Å². The summed E-state index contributed by atoms with van der Waals surface area (Å²) in [6.45, 7) is 0.194. The van der Waals surface area contributed by atoms with Gasteiger partial charge in [0.1, 0.15) is 6.61 Å². The molecule has 4 aromatic carbocycles. The molecule has 0 spiro atoms. The molecule has 0 fully saturated rings. The highest BCUT2D eigenvalue weighted by atomic mass is 35.5. The summed E-state index contributed by atoms with van der Waals surface area (Å²) >= 11 is 13.8. The highest BCUT2D eigenvalue weighted by Gasteiger charge is 2.11. The smallest absolute Gasteiger partial charge is 0.250 e. The van der Waals surface area contributed by atoms with E-state index in [2.05, 4.69) is 34.6 Å². The Morgan fingerprint density at radius 2 is 1.57 bits per heavy atom. The lowest BCUT2D eigenvalue weighted by Gasteiger charge is -2.13. The minimum Gasteiger partial charge on any atom is -0.493 e. The van der Waals surface area contributed by atoms with E-state index in [1.165, 1.54) is 17.4 Å². The molecule has 0 atom stereocenters. The summed E-state index contributed by atoms with van der Waals surface area (Å²) in [5.74, 6) is 0.772. The highest BCUT2D eigenvalue weighted by Crippen LogP contribution is 2.32. The van der Waals surface area contributed by atoms with Crippen molar-refractivity contribution in [1.82, 2.24) is 4.98 Å². The molecule has 1 aromatic heterocycles. The SMILES string of the molecule is COc1cc(/C=C/C(=O)Nc2nc(-c3ccc(-c4ccccc4)cc3)cs2)ccc1OCc1c(Cl)cccc1Cl. The van der Waals surface area contributed by atoms with Crippen molar-refractivity contribution in [3.05, 3.63) is 124 Å². The van der Waals surface area contributed by atoms with Gasteiger partial charge in [0.25, 0.3) is 0 Å². The summed E-state index contributed by atoms with van der Waals surface area (Å²) in [6, 6.07) is 29.1. The lowest BCUT2D eigenvalue weighted by molar-refractivity contribution is -0.111. The van der Waals surface area contributed by atoms with Gasteiger partial charge >= 0.3 is 0 Å². The Labute approximate surface area is 246 Å². The number of hydrogen-bond acceptors (Lipinski definition) is 5. The maximum absolute atomic E-state index is 12.6. The van der Waals surface area contributed by atoms with Gasteiger partial charge < -0.3 is 9.47 Å². The molecule has 0 saturated carbocycles. The maximum Gasteiger partial charge on any atom is 0.250 e. The monoisotopic (exact) mass is 586 g/mol. The number of carbonyl (C=O) groups is 1. The van der Waals surface area contributed by atoms with E-state index in [-0.39, 0.29) is 12.5 Å². The Balaban J connectivity index is 1.20. The van der Waals surface area contributed by atoms with E-state index in [0.29, 0.717) is 32.2 Å². The van der Waals surface area contributed by atoms with E-state index in [1.807, 2.05) is 41.8 Å². The summed E-state index contributed by atoms with van der Waals surface area (Å²) in [6.07, 6.45) is 3.15. The first-order chi connectivity index (χ1) is 19.5. The fourth-order valence-corrected chi connectivity index (χ4v) is 5.20. The van der Waals surface area contributed by atoms with Gasteiger partial charge in [0.2, 0.25) is 5.91 Å². The van der Waals surface area contributed by atoms with Gasteiger partial charge in [0.15, 0.2) is 16.6 Å². The Bertz CT molecular complexity index is 1630. The van der Waals surface area contributed by atoms with Gasteiger partial charge in [0.05, 0.1) is 12.8 Å². The van der Waals surface area contributed by atoms with Crippen LogP contribution in [-0.4, -0.2) is 18.0 Å². The fourth-order valence-electron chi connectivity index (χ4n) is 3.97. The number of thiazole rings is 1. The standard InChI is InChI=1S/C32H24Cl2N2O3S/c1-38-30-18-21(10-16-29(30)39-19-25-26(33)8-5-9-27(25)34)11-17-31(37)36-32-35-28(20-40-32)24-14-12-23(13-15-24)22-6-3-2-4-7-22/h2-18,20H,19H2,1H3,(H,35,36,37)/b17-11+. The van der Waals surface area contributed by atoms with Crippen molar-refractivity contribution in [3.63, 3.8) is 0 Å². The second kappa shape index (κ2) is 12.8.